The lowest BCUT2D eigenvalue weighted by atomic mass is 10.0. The van der Waals surface area contributed by atoms with Crippen LogP contribution in [0, 0.1) is 6.92 Å². The Balaban J connectivity index is 1.54. The first-order chi connectivity index (χ1) is 13.8. The van der Waals surface area contributed by atoms with Gasteiger partial charge < -0.3 is 4.42 Å². The smallest absolute Gasteiger partial charge is 0.227 e. The van der Waals surface area contributed by atoms with Crippen molar-refractivity contribution in [1.82, 2.24) is 4.98 Å². The van der Waals surface area contributed by atoms with Gasteiger partial charge in [0.15, 0.2) is 0 Å². The molecule has 134 valence electrons. The van der Waals surface area contributed by atoms with Gasteiger partial charge in [-0.05, 0) is 42.3 Å². The van der Waals surface area contributed by atoms with Gasteiger partial charge in [-0.2, -0.15) is 0 Å². The van der Waals surface area contributed by atoms with E-state index >= 15 is 0 Å². The van der Waals surface area contributed by atoms with Crippen molar-refractivity contribution in [3.8, 4) is 33.7 Å². The summed E-state index contributed by atoms with van der Waals surface area (Å²) in [6.45, 7) is 2.08. The fourth-order valence-corrected chi connectivity index (χ4v) is 3.43. The summed E-state index contributed by atoms with van der Waals surface area (Å²) in [5.41, 5.74) is 7.34. The largest absolute Gasteiger partial charge is 0.438 e. The average Bonchev–Trinajstić information content (AvgIpc) is 3.18. The van der Waals surface area contributed by atoms with Crippen molar-refractivity contribution in [3.05, 3.63) is 103 Å². The molecule has 0 bridgehead atoms. The second kappa shape index (κ2) is 6.82. The van der Waals surface area contributed by atoms with Gasteiger partial charge in [-0.3, -0.25) is 0 Å². The summed E-state index contributed by atoms with van der Waals surface area (Å²) in [6.07, 6.45) is 0. The molecule has 2 heterocycles. The Kier molecular flexibility index (Phi) is 4.02. The van der Waals surface area contributed by atoms with Gasteiger partial charge in [0.25, 0.3) is 0 Å². The third kappa shape index (κ3) is 3.10. The molecular formula is C26H19NO. The molecule has 0 unspecified atom stereocenters. The highest BCUT2D eigenvalue weighted by molar-refractivity contribution is 5.83. The van der Waals surface area contributed by atoms with Crippen LogP contribution >= 0.6 is 0 Å². The highest BCUT2D eigenvalue weighted by Crippen LogP contribution is 2.30. The molecule has 0 aliphatic rings. The molecule has 0 N–H and O–H groups in total. The minimum atomic E-state index is 0.665. The first kappa shape index (κ1) is 16.5. The number of benzene rings is 3. The summed E-state index contributed by atoms with van der Waals surface area (Å²) in [5, 5.41) is 1.01. The lowest BCUT2D eigenvalue weighted by Crippen LogP contribution is -1.84. The number of aryl methyl sites for hydroxylation is 1. The van der Waals surface area contributed by atoms with Gasteiger partial charge in [-0.1, -0.05) is 78.4 Å². The standard InChI is InChI=1S/C26H19NO/c1-18-10-12-20(13-11-18)25-17-23-14-15-24(27-26(23)28-25)22-9-5-8-21(16-22)19-6-3-2-4-7-19/h2-17H,1H3. The molecule has 0 saturated heterocycles. The summed E-state index contributed by atoms with van der Waals surface area (Å²) >= 11 is 0. The SMILES string of the molecule is Cc1ccc(-c2cc3ccc(-c4cccc(-c5ccccc5)c4)nc3o2)cc1. The van der Waals surface area contributed by atoms with E-state index in [2.05, 4.69) is 97.9 Å². The Morgan fingerprint density at radius 3 is 2.18 bits per heavy atom. The van der Waals surface area contributed by atoms with E-state index in [0.717, 1.165) is 28.0 Å². The molecule has 0 aliphatic carbocycles. The van der Waals surface area contributed by atoms with Gasteiger partial charge in [0.1, 0.15) is 5.76 Å². The zero-order valence-corrected chi connectivity index (χ0v) is 15.6. The van der Waals surface area contributed by atoms with E-state index in [-0.39, 0.29) is 0 Å². The number of aromatic nitrogens is 1. The third-order valence-electron chi connectivity index (χ3n) is 4.98. The van der Waals surface area contributed by atoms with Crippen LogP contribution in [-0.4, -0.2) is 4.98 Å². The molecule has 0 amide bonds. The molecular weight excluding hydrogens is 342 g/mol. The molecule has 0 atom stereocenters. The fraction of sp³-hybridized carbons (Fsp3) is 0.0385. The topological polar surface area (TPSA) is 26.0 Å². The van der Waals surface area contributed by atoms with Gasteiger partial charge in [-0.15, -0.1) is 0 Å². The maximum atomic E-state index is 6.06. The van der Waals surface area contributed by atoms with Crippen LogP contribution < -0.4 is 0 Å². The number of pyridine rings is 1. The molecule has 5 rings (SSSR count). The highest BCUT2D eigenvalue weighted by atomic mass is 16.3. The van der Waals surface area contributed by atoms with Crippen LogP contribution in [0.2, 0.25) is 0 Å². The second-order valence-electron chi connectivity index (χ2n) is 7.01. The van der Waals surface area contributed by atoms with Crippen molar-refractivity contribution in [1.29, 1.82) is 0 Å². The van der Waals surface area contributed by atoms with Crippen LogP contribution in [0.25, 0.3) is 44.8 Å². The molecule has 0 spiro atoms. The number of fused-ring (bicyclic) bond motifs is 1. The fourth-order valence-electron chi connectivity index (χ4n) is 3.43. The second-order valence-corrected chi connectivity index (χ2v) is 7.01. The van der Waals surface area contributed by atoms with Crippen LogP contribution in [0.3, 0.4) is 0 Å². The minimum absolute atomic E-state index is 0.665. The van der Waals surface area contributed by atoms with Gasteiger partial charge in [0, 0.05) is 16.5 Å². The quantitative estimate of drug-likeness (QED) is 0.341. The molecule has 2 heteroatoms. The van der Waals surface area contributed by atoms with Gasteiger partial charge in [0.2, 0.25) is 5.71 Å². The number of rotatable bonds is 3. The van der Waals surface area contributed by atoms with E-state index in [1.807, 2.05) is 6.07 Å². The van der Waals surface area contributed by atoms with Crippen LogP contribution in [0.15, 0.2) is 101 Å². The Morgan fingerprint density at radius 2 is 1.36 bits per heavy atom. The van der Waals surface area contributed by atoms with Crippen molar-refractivity contribution in [2.45, 2.75) is 6.92 Å². The van der Waals surface area contributed by atoms with E-state index in [1.54, 1.807) is 0 Å². The first-order valence-electron chi connectivity index (χ1n) is 9.40. The molecule has 0 aliphatic heterocycles. The van der Waals surface area contributed by atoms with Gasteiger partial charge in [-0.25, -0.2) is 4.98 Å². The Hall–Kier alpha value is -3.65. The molecule has 28 heavy (non-hydrogen) atoms. The zero-order valence-electron chi connectivity index (χ0n) is 15.6. The highest BCUT2D eigenvalue weighted by Gasteiger charge is 2.10. The van der Waals surface area contributed by atoms with E-state index in [4.69, 9.17) is 9.40 Å². The summed E-state index contributed by atoms with van der Waals surface area (Å²) in [6, 6.07) is 33.4. The maximum Gasteiger partial charge on any atom is 0.227 e. The maximum absolute atomic E-state index is 6.06. The van der Waals surface area contributed by atoms with E-state index in [9.17, 15) is 0 Å². The summed E-state index contributed by atoms with van der Waals surface area (Å²) in [5.74, 6) is 0.845. The number of hydrogen-bond acceptors (Lipinski definition) is 2. The Labute approximate surface area is 164 Å². The van der Waals surface area contributed by atoms with Crippen molar-refractivity contribution in [3.63, 3.8) is 0 Å². The third-order valence-corrected chi connectivity index (χ3v) is 4.98. The molecule has 0 saturated carbocycles. The van der Waals surface area contributed by atoms with Crippen LogP contribution in [0.5, 0.6) is 0 Å². The first-order valence-corrected chi connectivity index (χ1v) is 9.40. The Morgan fingerprint density at radius 1 is 0.607 bits per heavy atom. The molecule has 0 fully saturated rings. The molecule has 2 nitrogen and oxygen atoms in total. The van der Waals surface area contributed by atoms with Crippen molar-refractivity contribution in [2.75, 3.05) is 0 Å². The normalized spacial score (nSPS) is 11.0. The lowest BCUT2D eigenvalue weighted by Gasteiger charge is -2.05. The van der Waals surface area contributed by atoms with Crippen LogP contribution in [-0.2, 0) is 0 Å². The molecule has 3 aromatic carbocycles. The molecule has 5 aromatic rings. The van der Waals surface area contributed by atoms with Gasteiger partial charge >= 0.3 is 0 Å². The summed E-state index contributed by atoms with van der Waals surface area (Å²) in [7, 11) is 0. The summed E-state index contributed by atoms with van der Waals surface area (Å²) < 4.78 is 6.06. The summed E-state index contributed by atoms with van der Waals surface area (Å²) in [4.78, 5) is 4.78. The minimum Gasteiger partial charge on any atom is -0.438 e. The number of nitrogens with zero attached hydrogens (tertiary/aromatic N) is 1. The predicted octanol–water partition coefficient (Wildman–Crippen LogP) is 7.14. The molecule has 0 radical (unpaired) electrons. The van der Waals surface area contributed by atoms with Crippen LogP contribution in [0.4, 0.5) is 0 Å². The number of hydrogen-bond donors (Lipinski definition) is 0. The van der Waals surface area contributed by atoms with E-state index in [0.29, 0.717) is 5.71 Å². The van der Waals surface area contributed by atoms with Gasteiger partial charge in [0.05, 0.1) is 5.69 Å². The lowest BCUT2D eigenvalue weighted by molar-refractivity contribution is 0.619. The zero-order chi connectivity index (χ0) is 18.9. The van der Waals surface area contributed by atoms with Crippen molar-refractivity contribution < 1.29 is 4.42 Å². The predicted molar refractivity (Wildman–Crippen MR) is 115 cm³/mol. The van der Waals surface area contributed by atoms with Crippen molar-refractivity contribution in [2.24, 2.45) is 0 Å². The number of furan rings is 1. The monoisotopic (exact) mass is 361 g/mol. The van der Waals surface area contributed by atoms with E-state index in [1.165, 1.54) is 16.7 Å². The molecule has 2 aromatic heterocycles. The van der Waals surface area contributed by atoms with Crippen LogP contribution in [0.1, 0.15) is 5.56 Å². The van der Waals surface area contributed by atoms with Crippen molar-refractivity contribution >= 4 is 11.1 Å². The van der Waals surface area contributed by atoms with E-state index < -0.39 is 0 Å². The Bertz CT molecular complexity index is 1250. The average molecular weight is 361 g/mol.